The lowest BCUT2D eigenvalue weighted by Crippen LogP contribution is -2.36. The Morgan fingerprint density at radius 3 is 2.28 bits per heavy atom. The molecule has 0 unspecified atom stereocenters. The van der Waals surface area contributed by atoms with Crippen molar-refractivity contribution in [3.05, 3.63) is 48.5 Å². The van der Waals surface area contributed by atoms with Crippen LogP contribution in [-0.4, -0.2) is 38.3 Å². The van der Waals surface area contributed by atoms with Gasteiger partial charge < -0.3 is 20.1 Å². The summed E-state index contributed by atoms with van der Waals surface area (Å²) >= 11 is 1.53. The molecule has 10 heteroatoms. The molecule has 2 aromatic carbocycles. The van der Waals surface area contributed by atoms with Gasteiger partial charge in [-0.25, -0.2) is 9.59 Å². The minimum Gasteiger partial charge on any atom is -0.453 e. The Morgan fingerprint density at radius 1 is 0.938 bits per heavy atom. The van der Waals surface area contributed by atoms with Crippen LogP contribution >= 0.6 is 11.8 Å². The maximum atomic E-state index is 12.4. The molecule has 32 heavy (non-hydrogen) atoms. The van der Waals surface area contributed by atoms with Gasteiger partial charge >= 0.3 is 12.2 Å². The number of carbonyl (C=O) groups is 3. The molecule has 2 aromatic rings. The van der Waals surface area contributed by atoms with Crippen LogP contribution in [0.5, 0.6) is 0 Å². The van der Waals surface area contributed by atoms with Crippen molar-refractivity contribution >= 4 is 47.2 Å². The molecule has 0 heterocycles. The average molecular weight is 459 g/mol. The van der Waals surface area contributed by atoms with E-state index in [-0.39, 0.29) is 17.8 Å². The van der Waals surface area contributed by atoms with E-state index in [1.54, 1.807) is 12.1 Å². The Hall–Kier alpha value is -3.53. The van der Waals surface area contributed by atoms with Gasteiger partial charge in [0.2, 0.25) is 11.9 Å². The third kappa shape index (κ3) is 8.31. The molecule has 0 spiro atoms. The highest BCUT2D eigenvalue weighted by Gasteiger charge is 2.15. The summed E-state index contributed by atoms with van der Waals surface area (Å²) in [5, 5.41) is 8.03. The molecular formula is C22H26N4O5S. The third-order valence-corrected chi connectivity index (χ3v) is 4.87. The lowest BCUT2D eigenvalue weighted by atomic mass is 10.1. The van der Waals surface area contributed by atoms with Crippen LogP contribution in [0, 0.1) is 5.92 Å². The summed E-state index contributed by atoms with van der Waals surface area (Å²) in [6, 6.07) is 15.1. The van der Waals surface area contributed by atoms with Crippen LogP contribution in [0.3, 0.4) is 0 Å². The SMILES string of the molecule is COC(=O)N=C(NC(=O)OC)Nc1ccc(Sc2ccccc2)cc1NC(=O)CC(C)C. The second kappa shape index (κ2) is 12.4. The molecule has 0 bridgehead atoms. The summed E-state index contributed by atoms with van der Waals surface area (Å²) in [7, 11) is 2.34. The van der Waals surface area contributed by atoms with Crippen LogP contribution in [0.15, 0.2) is 63.3 Å². The van der Waals surface area contributed by atoms with Crippen molar-refractivity contribution in [1.29, 1.82) is 0 Å². The Balaban J connectivity index is 2.36. The summed E-state index contributed by atoms with van der Waals surface area (Å²) in [4.78, 5) is 41.3. The number of guanidine groups is 1. The highest BCUT2D eigenvalue weighted by molar-refractivity contribution is 7.99. The van der Waals surface area contributed by atoms with Crippen LogP contribution in [0.4, 0.5) is 21.0 Å². The number of nitrogens with zero attached hydrogens (tertiary/aromatic N) is 1. The number of benzene rings is 2. The van der Waals surface area contributed by atoms with Crippen LogP contribution in [0.1, 0.15) is 20.3 Å². The first-order chi connectivity index (χ1) is 15.3. The van der Waals surface area contributed by atoms with Crippen molar-refractivity contribution in [3.63, 3.8) is 0 Å². The van der Waals surface area contributed by atoms with E-state index in [0.29, 0.717) is 17.8 Å². The fourth-order valence-electron chi connectivity index (χ4n) is 2.50. The maximum absolute atomic E-state index is 12.4. The Labute approximate surface area is 191 Å². The van der Waals surface area contributed by atoms with Crippen molar-refractivity contribution in [1.82, 2.24) is 5.32 Å². The predicted molar refractivity (Wildman–Crippen MR) is 124 cm³/mol. The van der Waals surface area contributed by atoms with Gasteiger partial charge in [-0.05, 0) is 36.2 Å². The molecule has 3 amide bonds. The topological polar surface area (TPSA) is 118 Å². The third-order valence-electron chi connectivity index (χ3n) is 3.87. The molecular weight excluding hydrogens is 432 g/mol. The zero-order valence-corrected chi connectivity index (χ0v) is 19.1. The number of anilines is 2. The summed E-state index contributed by atoms with van der Waals surface area (Å²) in [6.07, 6.45) is -1.42. The number of alkyl carbamates (subject to hydrolysis) is 1. The normalized spacial score (nSPS) is 11.0. The largest absolute Gasteiger partial charge is 0.453 e. The first kappa shape index (κ1) is 24.7. The van der Waals surface area contributed by atoms with Gasteiger partial charge in [-0.15, -0.1) is 4.99 Å². The molecule has 0 atom stereocenters. The second-order valence-corrected chi connectivity index (χ2v) is 8.09. The molecule has 9 nitrogen and oxygen atoms in total. The molecule has 170 valence electrons. The number of rotatable bonds is 6. The smallest absolute Gasteiger partial charge is 0.436 e. The van der Waals surface area contributed by atoms with Crippen molar-refractivity contribution < 1.29 is 23.9 Å². The van der Waals surface area contributed by atoms with Crippen molar-refractivity contribution in [2.24, 2.45) is 10.9 Å². The Bertz CT molecular complexity index is 980. The van der Waals surface area contributed by atoms with E-state index in [1.165, 1.54) is 18.9 Å². The number of methoxy groups -OCH3 is 2. The molecule has 0 radical (unpaired) electrons. The first-order valence-corrected chi connectivity index (χ1v) is 10.6. The minimum atomic E-state index is -0.925. The molecule has 0 aromatic heterocycles. The van der Waals surface area contributed by atoms with Crippen LogP contribution < -0.4 is 16.0 Å². The Morgan fingerprint density at radius 2 is 1.66 bits per heavy atom. The number of nitrogens with one attached hydrogen (secondary N) is 3. The number of hydrogen-bond donors (Lipinski definition) is 3. The molecule has 0 aliphatic rings. The zero-order valence-electron chi connectivity index (χ0n) is 18.3. The van der Waals surface area contributed by atoms with E-state index in [0.717, 1.165) is 16.9 Å². The van der Waals surface area contributed by atoms with Crippen molar-refractivity contribution in [2.45, 2.75) is 30.1 Å². The fraction of sp³-hybridized carbons (Fsp3) is 0.273. The highest BCUT2D eigenvalue weighted by atomic mass is 32.2. The monoisotopic (exact) mass is 458 g/mol. The zero-order chi connectivity index (χ0) is 23.5. The van der Waals surface area contributed by atoms with Crippen LogP contribution in [0.2, 0.25) is 0 Å². The van der Waals surface area contributed by atoms with Gasteiger partial charge in [0, 0.05) is 16.2 Å². The second-order valence-electron chi connectivity index (χ2n) is 6.94. The standard InChI is InChI=1S/C22H26N4O5S/c1-14(2)12-19(27)23-18-13-16(32-15-8-6-5-7-9-15)10-11-17(18)24-20(25-21(28)30-3)26-22(29)31-4/h5-11,13-14H,12H2,1-4H3,(H,23,27)(H2,24,25,26,28,29). The number of amides is 3. The molecule has 2 rings (SSSR count). The van der Waals surface area contributed by atoms with Gasteiger partial charge in [-0.3, -0.25) is 10.1 Å². The summed E-state index contributed by atoms with van der Waals surface area (Å²) < 4.78 is 9.09. The Kier molecular flexibility index (Phi) is 9.55. The molecule has 0 aliphatic carbocycles. The van der Waals surface area contributed by atoms with Crippen molar-refractivity contribution in [3.8, 4) is 0 Å². The fourth-order valence-corrected chi connectivity index (χ4v) is 3.37. The van der Waals surface area contributed by atoms with E-state index in [1.807, 2.05) is 50.2 Å². The highest BCUT2D eigenvalue weighted by Crippen LogP contribution is 2.33. The summed E-state index contributed by atoms with van der Waals surface area (Å²) in [5.41, 5.74) is 0.874. The van der Waals surface area contributed by atoms with Gasteiger partial charge in [-0.2, -0.15) is 0 Å². The lowest BCUT2D eigenvalue weighted by molar-refractivity contribution is -0.116. The summed E-state index contributed by atoms with van der Waals surface area (Å²) in [5.74, 6) is -0.213. The quantitative estimate of drug-likeness (QED) is 0.424. The molecule has 0 saturated heterocycles. The van der Waals surface area contributed by atoms with Crippen molar-refractivity contribution in [2.75, 3.05) is 24.9 Å². The van der Waals surface area contributed by atoms with E-state index in [4.69, 9.17) is 0 Å². The van der Waals surface area contributed by atoms with Crippen LogP contribution in [0.25, 0.3) is 0 Å². The summed E-state index contributed by atoms with van der Waals surface area (Å²) in [6.45, 7) is 3.89. The van der Waals surface area contributed by atoms with E-state index in [9.17, 15) is 14.4 Å². The average Bonchev–Trinajstić information content (AvgIpc) is 2.75. The van der Waals surface area contributed by atoms with Gasteiger partial charge in [0.1, 0.15) is 0 Å². The predicted octanol–water partition coefficient (Wildman–Crippen LogP) is 4.71. The van der Waals surface area contributed by atoms with E-state index in [2.05, 4.69) is 30.4 Å². The lowest BCUT2D eigenvalue weighted by Gasteiger charge is -2.16. The van der Waals surface area contributed by atoms with Gasteiger partial charge in [0.25, 0.3) is 0 Å². The van der Waals surface area contributed by atoms with Gasteiger partial charge in [0.05, 0.1) is 25.6 Å². The minimum absolute atomic E-state index is 0.169. The molecule has 0 saturated carbocycles. The van der Waals surface area contributed by atoms with Crippen LogP contribution in [-0.2, 0) is 14.3 Å². The molecule has 0 fully saturated rings. The number of aliphatic imine (C=N–C) groups is 1. The molecule has 0 aliphatic heterocycles. The maximum Gasteiger partial charge on any atom is 0.436 e. The number of ether oxygens (including phenoxy) is 2. The van der Waals surface area contributed by atoms with Gasteiger partial charge in [-0.1, -0.05) is 43.8 Å². The molecule has 3 N–H and O–H groups in total. The van der Waals surface area contributed by atoms with E-state index >= 15 is 0 Å². The number of carbonyl (C=O) groups excluding carboxylic acids is 3. The first-order valence-electron chi connectivity index (χ1n) is 9.76. The van der Waals surface area contributed by atoms with E-state index < -0.39 is 12.2 Å². The van der Waals surface area contributed by atoms with Gasteiger partial charge in [0.15, 0.2) is 0 Å². The number of hydrogen-bond acceptors (Lipinski definition) is 6.